The van der Waals surface area contributed by atoms with E-state index in [1.165, 1.54) is 0 Å². The molecule has 0 aliphatic rings. The number of carbonyl (C=O) groups excluding carboxylic acids is 1. The Morgan fingerprint density at radius 2 is 1.78 bits per heavy atom. The number of benzene rings is 1. The number of anilines is 2. The monoisotopic (exact) mass is 440 g/mol. The van der Waals surface area contributed by atoms with Crippen LogP contribution < -0.4 is 16.8 Å². The number of fused-ring (bicyclic) bond motifs is 1. The summed E-state index contributed by atoms with van der Waals surface area (Å²) in [6.07, 6.45) is 1.30. The first-order chi connectivity index (χ1) is 15.2. The maximum Gasteiger partial charge on any atom is 0.326 e. The zero-order valence-electron chi connectivity index (χ0n) is 17.4. The minimum absolute atomic E-state index is 0.0574. The normalized spacial score (nSPS) is 12.9. The predicted octanol–water partition coefficient (Wildman–Crippen LogP) is 1.45. The van der Waals surface area contributed by atoms with Gasteiger partial charge in [0, 0.05) is 24.7 Å². The third-order valence-corrected chi connectivity index (χ3v) is 5.12. The van der Waals surface area contributed by atoms with E-state index < -0.39 is 23.9 Å². The van der Waals surface area contributed by atoms with Crippen molar-refractivity contribution in [1.82, 2.24) is 19.9 Å². The number of hydrogen-bond acceptors (Lipinski definition) is 7. The number of carboxylic acid groups (broad SMARTS) is 2. The van der Waals surface area contributed by atoms with Gasteiger partial charge in [0.25, 0.3) is 5.91 Å². The van der Waals surface area contributed by atoms with Crippen LogP contribution in [0, 0.1) is 0 Å². The number of carbonyl (C=O) groups is 3. The standard InChI is InChI=1S/C21H24N6O5/c1-11(10-27-9-8-14-17(27)18(22)26-21(23)25-14)12-2-4-13(5-3-12)19(30)24-15(20(31)32)6-7-16(28)29/h2-5,8-9,11,15H,6-7,10H2,1H3,(H,24,30)(H,28,29)(H,31,32)(H4,22,23,25,26)/t11?,15-/m0/s1. The van der Waals surface area contributed by atoms with E-state index in [1.807, 2.05) is 23.8 Å². The number of hydrogen-bond donors (Lipinski definition) is 5. The van der Waals surface area contributed by atoms with Gasteiger partial charge in [0.05, 0.1) is 5.52 Å². The third-order valence-electron chi connectivity index (χ3n) is 5.12. The van der Waals surface area contributed by atoms with Crippen LogP contribution in [0.3, 0.4) is 0 Å². The molecule has 0 spiro atoms. The third kappa shape index (κ3) is 5.12. The van der Waals surface area contributed by atoms with E-state index in [9.17, 15) is 19.5 Å². The van der Waals surface area contributed by atoms with Gasteiger partial charge in [0.2, 0.25) is 5.95 Å². The summed E-state index contributed by atoms with van der Waals surface area (Å²) in [5, 5.41) is 20.3. The molecule has 2 heterocycles. The molecule has 11 heteroatoms. The summed E-state index contributed by atoms with van der Waals surface area (Å²) in [7, 11) is 0. The molecule has 2 aromatic heterocycles. The molecule has 0 bridgehead atoms. The number of nitrogens with one attached hydrogen (secondary N) is 1. The summed E-state index contributed by atoms with van der Waals surface area (Å²) in [6, 6.07) is 7.31. The van der Waals surface area contributed by atoms with E-state index in [1.54, 1.807) is 24.3 Å². The number of aromatic nitrogens is 3. The molecule has 0 radical (unpaired) electrons. The van der Waals surface area contributed by atoms with Crippen molar-refractivity contribution in [2.24, 2.45) is 0 Å². The van der Waals surface area contributed by atoms with Crippen molar-refractivity contribution in [2.45, 2.75) is 38.3 Å². The van der Waals surface area contributed by atoms with Gasteiger partial charge in [-0.1, -0.05) is 19.1 Å². The molecular weight excluding hydrogens is 416 g/mol. The van der Waals surface area contributed by atoms with E-state index >= 15 is 0 Å². The quantitative estimate of drug-likeness (QED) is 0.328. The molecule has 0 fully saturated rings. The maximum absolute atomic E-state index is 12.4. The van der Waals surface area contributed by atoms with Crippen LogP contribution in [0.5, 0.6) is 0 Å². The molecule has 11 nitrogen and oxygen atoms in total. The van der Waals surface area contributed by atoms with Crippen LogP contribution in [0.4, 0.5) is 11.8 Å². The number of carboxylic acids is 2. The summed E-state index contributed by atoms with van der Waals surface area (Å²) < 4.78 is 1.94. The molecule has 0 aliphatic carbocycles. The number of nitrogens with two attached hydrogens (primary N) is 2. The molecule has 0 saturated carbocycles. The van der Waals surface area contributed by atoms with Crippen molar-refractivity contribution in [3.05, 3.63) is 47.7 Å². The van der Waals surface area contributed by atoms with E-state index in [-0.39, 0.29) is 30.3 Å². The largest absolute Gasteiger partial charge is 0.481 e. The van der Waals surface area contributed by atoms with E-state index in [4.69, 9.17) is 16.6 Å². The average Bonchev–Trinajstić information content (AvgIpc) is 3.13. The van der Waals surface area contributed by atoms with Gasteiger partial charge in [-0.05, 0) is 36.1 Å². The first-order valence-corrected chi connectivity index (χ1v) is 9.89. The lowest BCUT2D eigenvalue weighted by Crippen LogP contribution is -2.41. The minimum Gasteiger partial charge on any atom is -0.481 e. The van der Waals surface area contributed by atoms with Gasteiger partial charge in [-0.2, -0.15) is 4.98 Å². The van der Waals surface area contributed by atoms with Gasteiger partial charge in [-0.15, -0.1) is 0 Å². The second-order valence-electron chi connectivity index (χ2n) is 7.49. The lowest BCUT2D eigenvalue weighted by atomic mass is 9.99. The van der Waals surface area contributed by atoms with Crippen LogP contribution in [-0.2, 0) is 16.1 Å². The summed E-state index contributed by atoms with van der Waals surface area (Å²) in [6.45, 7) is 2.60. The van der Waals surface area contributed by atoms with Crippen molar-refractivity contribution < 1.29 is 24.6 Å². The Hall–Kier alpha value is -4.15. The highest BCUT2D eigenvalue weighted by atomic mass is 16.4. The molecule has 1 amide bonds. The zero-order valence-corrected chi connectivity index (χ0v) is 17.4. The highest BCUT2D eigenvalue weighted by Gasteiger charge is 2.22. The molecule has 7 N–H and O–H groups in total. The SMILES string of the molecule is CC(Cn1ccc2nc(N)nc(N)c21)c1ccc(C(=O)N[C@@H](CCC(=O)O)C(=O)O)cc1. The molecule has 3 aromatic rings. The summed E-state index contributed by atoms with van der Waals surface area (Å²) in [4.78, 5) is 42.5. The topological polar surface area (TPSA) is 186 Å². The van der Waals surface area contributed by atoms with E-state index in [0.717, 1.165) is 5.56 Å². The number of amides is 1. The fourth-order valence-electron chi connectivity index (χ4n) is 3.44. The van der Waals surface area contributed by atoms with Crippen molar-refractivity contribution in [1.29, 1.82) is 0 Å². The first kappa shape index (κ1) is 22.5. The van der Waals surface area contributed by atoms with Gasteiger partial charge in [0.1, 0.15) is 11.6 Å². The van der Waals surface area contributed by atoms with Gasteiger partial charge < -0.3 is 31.6 Å². The molecule has 32 heavy (non-hydrogen) atoms. The van der Waals surface area contributed by atoms with Crippen LogP contribution in [0.25, 0.3) is 11.0 Å². The highest BCUT2D eigenvalue weighted by Crippen LogP contribution is 2.24. The molecule has 3 rings (SSSR count). The molecule has 0 aliphatic heterocycles. The smallest absolute Gasteiger partial charge is 0.326 e. The fraction of sp³-hybridized carbons (Fsp3) is 0.286. The lowest BCUT2D eigenvalue weighted by Gasteiger charge is -2.16. The van der Waals surface area contributed by atoms with Crippen LogP contribution in [0.15, 0.2) is 36.5 Å². The molecule has 1 unspecified atom stereocenters. The molecule has 1 aromatic carbocycles. The minimum atomic E-state index is -1.28. The Kier molecular flexibility index (Phi) is 6.57. The number of rotatable bonds is 9. The Labute approximate surface area is 183 Å². The zero-order chi connectivity index (χ0) is 23.4. The summed E-state index contributed by atoms with van der Waals surface area (Å²) in [5.74, 6) is -2.52. The second kappa shape index (κ2) is 9.33. The molecule has 168 valence electrons. The van der Waals surface area contributed by atoms with E-state index in [0.29, 0.717) is 23.4 Å². The molecular formula is C21H24N6O5. The second-order valence-corrected chi connectivity index (χ2v) is 7.49. The van der Waals surface area contributed by atoms with Crippen molar-refractivity contribution in [2.75, 3.05) is 11.5 Å². The van der Waals surface area contributed by atoms with Crippen LogP contribution >= 0.6 is 0 Å². The maximum atomic E-state index is 12.4. The molecule has 2 atom stereocenters. The van der Waals surface area contributed by atoms with Crippen LogP contribution in [-0.4, -0.2) is 48.6 Å². The number of aliphatic carboxylic acids is 2. The first-order valence-electron chi connectivity index (χ1n) is 9.89. The summed E-state index contributed by atoms with van der Waals surface area (Å²) in [5.41, 5.74) is 14.2. The summed E-state index contributed by atoms with van der Waals surface area (Å²) >= 11 is 0. The highest BCUT2D eigenvalue weighted by molar-refractivity contribution is 5.96. The Balaban J connectivity index is 1.69. The Morgan fingerprint density at radius 3 is 2.41 bits per heavy atom. The van der Waals surface area contributed by atoms with Gasteiger partial charge >= 0.3 is 11.9 Å². The van der Waals surface area contributed by atoms with Crippen molar-refractivity contribution >= 4 is 40.6 Å². The average molecular weight is 440 g/mol. The number of nitrogens with zero attached hydrogens (tertiary/aromatic N) is 3. The number of nitrogen functional groups attached to an aromatic ring is 2. The lowest BCUT2D eigenvalue weighted by molar-refractivity contribution is -0.140. The van der Waals surface area contributed by atoms with Crippen LogP contribution in [0.1, 0.15) is 41.6 Å². The Morgan fingerprint density at radius 1 is 1.09 bits per heavy atom. The van der Waals surface area contributed by atoms with E-state index in [2.05, 4.69) is 15.3 Å². The molecule has 0 saturated heterocycles. The van der Waals surface area contributed by atoms with Crippen molar-refractivity contribution in [3.8, 4) is 0 Å². The van der Waals surface area contributed by atoms with Gasteiger partial charge in [-0.3, -0.25) is 9.59 Å². The predicted molar refractivity (Wildman–Crippen MR) is 117 cm³/mol. The van der Waals surface area contributed by atoms with Crippen LogP contribution in [0.2, 0.25) is 0 Å². The fourth-order valence-corrected chi connectivity index (χ4v) is 3.44. The van der Waals surface area contributed by atoms with Gasteiger partial charge in [0.15, 0.2) is 5.82 Å². The Bertz CT molecular complexity index is 1160. The van der Waals surface area contributed by atoms with Gasteiger partial charge in [-0.25, -0.2) is 9.78 Å². The van der Waals surface area contributed by atoms with Crippen molar-refractivity contribution in [3.63, 3.8) is 0 Å².